The largest absolute Gasteiger partial charge is 0.379 e. The number of nitrogens with one attached hydrogen (secondary N) is 1. The van der Waals surface area contributed by atoms with Crippen molar-refractivity contribution in [3.05, 3.63) is 30.5 Å². The van der Waals surface area contributed by atoms with Crippen LogP contribution in [0.1, 0.15) is 19.3 Å². The molecule has 2 N–H and O–H groups in total. The molecule has 6 nitrogen and oxygen atoms in total. The van der Waals surface area contributed by atoms with Crippen LogP contribution in [0.15, 0.2) is 30.5 Å². The maximum atomic E-state index is 12.1. The van der Waals surface area contributed by atoms with Gasteiger partial charge in [0.25, 0.3) is 5.91 Å². The third kappa shape index (κ3) is 3.38. The molecule has 1 aliphatic heterocycles. The fourth-order valence-corrected chi connectivity index (χ4v) is 3.19. The summed E-state index contributed by atoms with van der Waals surface area (Å²) in [6.45, 7) is 2.60. The summed E-state index contributed by atoms with van der Waals surface area (Å²) in [5, 5.41) is 19.2. The zero-order chi connectivity index (χ0) is 16.3. The topological polar surface area (TPSA) is 70.4 Å². The minimum Gasteiger partial charge on any atom is -0.379 e. The van der Waals surface area contributed by atoms with Gasteiger partial charge in [-0.1, -0.05) is 18.2 Å². The summed E-state index contributed by atoms with van der Waals surface area (Å²) < 4.78 is 1.99. The summed E-state index contributed by atoms with van der Waals surface area (Å²) in [4.78, 5) is 13.7. The number of hydrogen-bond acceptors (Lipinski definition) is 4. The molecule has 1 amide bonds. The molecule has 0 radical (unpaired) electrons. The Morgan fingerprint density at radius 1 is 1.39 bits per heavy atom. The van der Waals surface area contributed by atoms with Crippen molar-refractivity contribution in [2.75, 3.05) is 26.7 Å². The van der Waals surface area contributed by atoms with E-state index in [1.54, 1.807) is 11.9 Å². The molecule has 0 bridgehead atoms. The minimum atomic E-state index is -1.24. The highest BCUT2D eigenvalue weighted by Gasteiger charge is 2.40. The lowest BCUT2D eigenvalue weighted by atomic mass is 9.92. The Balaban J connectivity index is 1.46. The molecule has 1 aromatic heterocycles. The molecule has 2 aromatic rings. The van der Waals surface area contributed by atoms with Gasteiger partial charge in [-0.2, -0.15) is 5.10 Å². The number of amides is 1. The number of piperidine rings is 1. The van der Waals surface area contributed by atoms with E-state index in [1.165, 1.54) is 0 Å². The van der Waals surface area contributed by atoms with Gasteiger partial charge in [-0.25, -0.2) is 0 Å². The number of carbonyl (C=O) groups excluding carboxylic acids is 1. The smallest absolute Gasteiger partial charge is 0.255 e. The van der Waals surface area contributed by atoms with E-state index in [0.29, 0.717) is 13.0 Å². The van der Waals surface area contributed by atoms with Crippen molar-refractivity contribution < 1.29 is 9.90 Å². The van der Waals surface area contributed by atoms with Gasteiger partial charge in [-0.3, -0.25) is 9.48 Å². The molecule has 2 heterocycles. The van der Waals surface area contributed by atoms with Crippen LogP contribution in [0.4, 0.5) is 0 Å². The molecule has 0 aliphatic carbocycles. The number of benzene rings is 1. The molecule has 1 atom stereocenters. The SMILES string of the molecule is CN1CCC[C@](O)(CNCCCn2ncc3ccccc32)C1=O. The highest BCUT2D eigenvalue weighted by atomic mass is 16.3. The summed E-state index contributed by atoms with van der Waals surface area (Å²) in [7, 11) is 1.75. The second-order valence-corrected chi connectivity index (χ2v) is 6.32. The van der Waals surface area contributed by atoms with Crippen molar-refractivity contribution in [3.63, 3.8) is 0 Å². The Kier molecular flexibility index (Phi) is 4.63. The molecule has 0 spiro atoms. The van der Waals surface area contributed by atoms with Crippen LogP contribution in [-0.2, 0) is 11.3 Å². The molecular weight excluding hydrogens is 292 g/mol. The quantitative estimate of drug-likeness (QED) is 0.780. The number of hydrogen-bond donors (Lipinski definition) is 2. The fraction of sp³-hybridized carbons (Fsp3) is 0.529. The third-order valence-corrected chi connectivity index (χ3v) is 4.52. The van der Waals surface area contributed by atoms with Crippen LogP contribution in [0.2, 0.25) is 0 Å². The summed E-state index contributed by atoms with van der Waals surface area (Å²) in [6, 6.07) is 8.14. The van der Waals surface area contributed by atoms with Gasteiger partial charge in [-0.05, 0) is 31.9 Å². The fourth-order valence-electron chi connectivity index (χ4n) is 3.19. The molecule has 124 valence electrons. The monoisotopic (exact) mass is 316 g/mol. The van der Waals surface area contributed by atoms with Crippen LogP contribution in [0.3, 0.4) is 0 Å². The maximum absolute atomic E-state index is 12.1. The summed E-state index contributed by atoms with van der Waals surface area (Å²) in [6.07, 6.45) is 4.15. The zero-order valence-electron chi connectivity index (χ0n) is 13.5. The Labute approximate surface area is 136 Å². The van der Waals surface area contributed by atoms with Gasteiger partial charge in [0.1, 0.15) is 0 Å². The standard InChI is InChI=1S/C17H24N4O2/c1-20-10-4-8-17(23,16(20)22)13-18-9-5-11-21-15-7-3-2-6-14(15)12-19-21/h2-3,6-7,12,18,23H,4-5,8-11,13H2,1H3/t17-/m0/s1. The first-order valence-corrected chi connectivity index (χ1v) is 8.19. The highest BCUT2D eigenvalue weighted by Crippen LogP contribution is 2.20. The first-order chi connectivity index (χ1) is 11.1. The Morgan fingerprint density at radius 3 is 3.09 bits per heavy atom. The molecule has 3 rings (SSSR count). The van der Waals surface area contributed by atoms with Crippen LogP contribution in [-0.4, -0.2) is 58.0 Å². The van der Waals surface area contributed by atoms with Crippen LogP contribution in [0.5, 0.6) is 0 Å². The normalized spacial score (nSPS) is 22.0. The number of likely N-dealkylation sites (tertiary alicyclic amines) is 1. The molecule has 0 unspecified atom stereocenters. The number of fused-ring (bicyclic) bond motifs is 1. The van der Waals surface area contributed by atoms with Crippen LogP contribution >= 0.6 is 0 Å². The minimum absolute atomic E-state index is 0.172. The average molecular weight is 316 g/mol. The van der Waals surface area contributed by atoms with Crippen molar-refractivity contribution in [1.29, 1.82) is 0 Å². The van der Waals surface area contributed by atoms with Gasteiger partial charge in [0.05, 0.1) is 11.7 Å². The molecule has 23 heavy (non-hydrogen) atoms. The van der Waals surface area contributed by atoms with Crippen molar-refractivity contribution in [3.8, 4) is 0 Å². The van der Waals surface area contributed by atoms with Crippen molar-refractivity contribution in [2.24, 2.45) is 0 Å². The molecule has 1 aliphatic rings. The number of rotatable bonds is 6. The van der Waals surface area contributed by atoms with Gasteiger partial charge in [-0.15, -0.1) is 0 Å². The number of para-hydroxylation sites is 1. The van der Waals surface area contributed by atoms with Gasteiger partial charge in [0.15, 0.2) is 5.60 Å². The summed E-state index contributed by atoms with van der Waals surface area (Å²) in [5.41, 5.74) is -0.110. The van der Waals surface area contributed by atoms with Gasteiger partial charge in [0, 0.05) is 32.1 Å². The lowest BCUT2D eigenvalue weighted by Crippen LogP contribution is -2.57. The lowest BCUT2D eigenvalue weighted by Gasteiger charge is -2.36. The number of aliphatic hydroxyl groups is 1. The zero-order valence-corrected chi connectivity index (χ0v) is 13.5. The average Bonchev–Trinajstić information content (AvgIpc) is 2.96. The predicted octanol–water partition coefficient (Wildman–Crippen LogP) is 0.999. The Morgan fingerprint density at radius 2 is 2.22 bits per heavy atom. The number of likely N-dealkylation sites (N-methyl/N-ethyl adjacent to an activating group) is 1. The second-order valence-electron chi connectivity index (χ2n) is 6.32. The van der Waals surface area contributed by atoms with Gasteiger partial charge in [0.2, 0.25) is 0 Å². The number of aryl methyl sites for hydroxylation is 1. The van der Waals surface area contributed by atoms with E-state index in [-0.39, 0.29) is 5.91 Å². The van der Waals surface area contributed by atoms with Crippen LogP contribution < -0.4 is 5.32 Å². The Hall–Kier alpha value is -1.92. The van der Waals surface area contributed by atoms with Crippen molar-refractivity contribution >= 4 is 16.8 Å². The molecular formula is C17H24N4O2. The van der Waals surface area contributed by atoms with Crippen LogP contribution in [0, 0.1) is 0 Å². The van der Waals surface area contributed by atoms with Crippen molar-refractivity contribution in [1.82, 2.24) is 20.0 Å². The van der Waals surface area contributed by atoms with Crippen molar-refractivity contribution in [2.45, 2.75) is 31.4 Å². The first kappa shape index (κ1) is 16.0. The van der Waals surface area contributed by atoms with E-state index in [9.17, 15) is 9.90 Å². The van der Waals surface area contributed by atoms with Gasteiger partial charge < -0.3 is 15.3 Å². The van der Waals surface area contributed by atoms with Gasteiger partial charge >= 0.3 is 0 Å². The predicted molar refractivity (Wildman–Crippen MR) is 89.0 cm³/mol. The van der Waals surface area contributed by atoms with E-state index < -0.39 is 5.60 Å². The first-order valence-electron chi connectivity index (χ1n) is 8.19. The van der Waals surface area contributed by atoms with E-state index >= 15 is 0 Å². The van der Waals surface area contributed by atoms with E-state index in [2.05, 4.69) is 22.5 Å². The number of carbonyl (C=O) groups is 1. The van der Waals surface area contributed by atoms with E-state index in [1.807, 2.05) is 23.0 Å². The van der Waals surface area contributed by atoms with E-state index in [0.717, 1.165) is 43.4 Å². The Bertz CT molecular complexity index is 684. The third-order valence-electron chi connectivity index (χ3n) is 4.52. The lowest BCUT2D eigenvalue weighted by molar-refractivity contribution is -0.154. The maximum Gasteiger partial charge on any atom is 0.255 e. The van der Waals surface area contributed by atoms with E-state index in [4.69, 9.17) is 0 Å². The van der Waals surface area contributed by atoms with Crippen LogP contribution in [0.25, 0.3) is 10.9 Å². The molecule has 6 heteroatoms. The summed E-state index contributed by atoms with van der Waals surface area (Å²) >= 11 is 0. The molecule has 1 fully saturated rings. The molecule has 0 saturated carbocycles. The highest BCUT2D eigenvalue weighted by molar-refractivity contribution is 5.85. The molecule has 1 aromatic carbocycles. The second kappa shape index (κ2) is 6.68. The number of aromatic nitrogens is 2. The summed E-state index contributed by atoms with van der Waals surface area (Å²) in [5.74, 6) is -0.172. The molecule has 1 saturated heterocycles. The number of nitrogens with zero attached hydrogens (tertiary/aromatic N) is 3.